The van der Waals surface area contributed by atoms with E-state index in [1.165, 1.54) is 23.3 Å². The number of aryl methyl sites for hydroxylation is 2. The second-order valence-corrected chi connectivity index (χ2v) is 7.71. The molecule has 0 amide bonds. The van der Waals surface area contributed by atoms with Crippen molar-refractivity contribution in [2.75, 3.05) is 18.8 Å². The summed E-state index contributed by atoms with van der Waals surface area (Å²) in [5.74, 6) is 1.86. The van der Waals surface area contributed by atoms with E-state index < -0.39 is 5.60 Å². The third-order valence-electron chi connectivity index (χ3n) is 4.80. The zero-order valence-electron chi connectivity index (χ0n) is 12.4. The molecule has 21 heavy (non-hydrogen) atoms. The van der Waals surface area contributed by atoms with Crippen molar-refractivity contribution in [3.63, 3.8) is 0 Å². The Morgan fingerprint density at radius 1 is 1.33 bits per heavy atom. The van der Waals surface area contributed by atoms with Crippen molar-refractivity contribution in [2.45, 2.75) is 38.8 Å². The lowest BCUT2D eigenvalue weighted by atomic mass is 9.89. The van der Waals surface area contributed by atoms with Crippen molar-refractivity contribution in [3.8, 4) is 0 Å². The third-order valence-corrected chi connectivity index (χ3v) is 5.90. The fourth-order valence-electron chi connectivity index (χ4n) is 3.32. The number of hydrogen-bond donors (Lipinski definition) is 2. The molecule has 2 fully saturated rings. The van der Waals surface area contributed by atoms with Crippen molar-refractivity contribution in [3.05, 3.63) is 16.3 Å². The van der Waals surface area contributed by atoms with Gasteiger partial charge in [-0.15, -0.1) is 11.3 Å². The third kappa shape index (κ3) is 2.13. The lowest BCUT2D eigenvalue weighted by molar-refractivity contribution is -0.117. The lowest BCUT2D eigenvalue weighted by Gasteiger charge is -2.46. The van der Waals surface area contributed by atoms with E-state index in [9.17, 15) is 5.11 Å². The Balaban J connectivity index is 1.55. The number of β-amino-alcohol motifs (C(OH)–C–C–N with tert-alkyl or cyclic N) is 1. The number of likely N-dealkylation sites (tertiary alicyclic amines) is 1. The van der Waals surface area contributed by atoms with Crippen LogP contribution in [0.5, 0.6) is 0 Å². The van der Waals surface area contributed by atoms with E-state index in [0.717, 1.165) is 29.1 Å². The molecule has 0 spiro atoms. The van der Waals surface area contributed by atoms with Crippen LogP contribution in [0, 0.1) is 19.8 Å². The molecule has 6 heteroatoms. The summed E-state index contributed by atoms with van der Waals surface area (Å²) in [4.78, 5) is 13.5. The highest BCUT2D eigenvalue weighted by Crippen LogP contribution is 2.44. The normalized spacial score (nSPS) is 21.7. The summed E-state index contributed by atoms with van der Waals surface area (Å²) in [6.45, 7) is 6.30. The van der Waals surface area contributed by atoms with Gasteiger partial charge in [-0.25, -0.2) is 9.97 Å². The van der Waals surface area contributed by atoms with E-state index in [2.05, 4.69) is 28.7 Å². The quantitative estimate of drug-likeness (QED) is 0.905. The Morgan fingerprint density at radius 2 is 2.05 bits per heavy atom. The second-order valence-electron chi connectivity index (χ2n) is 6.51. The van der Waals surface area contributed by atoms with Crippen LogP contribution in [0.3, 0.4) is 0 Å². The number of fused-ring (bicyclic) bond motifs is 1. The smallest absolute Gasteiger partial charge is 0.146 e. The van der Waals surface area contributed by atoms with E-state index in [1.807, 2.05) is 0 Å². The Labute approximate surface area is 127 Å². The summed E-state index contributed by atoms with van der Waals surface area (Å²) in [6.07, 6.45) is 2.35. The lowest BCUT2D eigenvalue weighted by Crippen LogP contribution is -2.62. The summed E-state index contributed by atoms with van der Waals surface area (Å²) in [7, 11) is 0. The average Bonchev–Trinajstić information content (AvgIpc) is 3.16. The number of nitrogen functional groups attached to an aromatic ring is 1. The zero-order chi connectivity index (χ0) is 14.8. The molecule has 4 rings (SSSR count). The first-order valence-corrected chi connectivity index (χ1v) is 8.25. The first-order chi connectivity index (χ1) is 9.96. The van der Waals surface area contributed by atoms with Crippen LogP contribution in [-0.2, 0) is 6.54 Å². The van der Waals surface area contributed by atoms with E-state index in [4.69, 9.17) is 5.73 Å². The monoisotopic (exact) mass is 304 g/mol. The van der Waals surface area contributed by atoms with Gasteiger partial charge in [-0.2, -0.15) is 0 Å². The molecule has 1 aliphatic carbocycles. The molecule has 0 unspecified atom stereocenters. The first-order valence-electron chi connectivity index (χ1n) is 7.43. The topological polar surface area (TPSA) is 75.3 Å². The maximum Gasteiger partial charge on any atom is 0.146 e. The van der Waals surface area contributed by atoms with Crippen molar-refractivity contribution in [1.29, 1.82) is 0 Å². The van der Waals surface area contributed by atoms with Gasteiger partial charge >= 0.3 is 0 Å². The molecule has 3 N–H and O–H groups in total. The van der Waals surface area contributed by atoms with Gasteiger partial charge in [0.1, 0.15) is 16.5 Å². The SMILES string of the molecule is Cc1sc2nc(CN3CC(O)(C4CC4)C3)nc(N)c2c1C. The minimum atomic E-state index is -0.453. The standard InChI is InChI=1S/C15H20N4OS/c1-8-9(2)21-14-12(8)13(16)17-11(18-14)5-19-6-15(20,7-19)10-3-4-10/h10,20H,3-7H2,1-2H3,(H2,16,17,18). The summed E-state index contributed by atoms with van der Waals surface area (Å²) in [5, 5.41) is 11.4. The summed E-state index contributed by atoms with van der Waals surface area (Å²) >= 11 is 1.68. The molecule has 0 radical (unpaired) electrons. The highest BCUT2D eigenvalue weighted by Gasteiger charge is 2.51. The van der Waals surface area contributed by atoms with Crippen molar-refractivity contribution < 1.29 is 5.11 Å². The number of nitrogens with zero attached hydrogens (tertiary/aromatic N) is 3. The molecule has 112 valence electrons. The van der Waals surface area contributed by atoms with E-state index in [0.29, 0.717) is 18.3 Å². The molecular weight excluding hydrogens is 284 g/mol. The highest BCUT2D eigenvalue weighted by atomic mass is 32.1. The van der Waals surface area contributed by atoms with Crippen LogP contribution in [0.1, 0.15) is 29.1 Å². The predicted octanol–water partition coefficient (Wildman–Crippen LogP) is 1.85. The van der Waals surface area contributed by atoms with Gasteiger partial charge in [-0.3, -0.25) is 4.90 Å². The van der Waals surface area contributed by atoms with Crippen LogP contribution in [0.25, 0.3) is 10.2 Å². The van der Waals surface area contributed by atoms with Gasteiger partial charge in [0.25, 0.3) is 0 Å². The Morgan fingerprint density at radius 3 is 2.71 bits per heavy atom. The fourth-order valence-corrected chi connectivity index (χ4v) is 4.37. The molecule has 0 atom stereocenters. The average molecular weight is 304 g/mol. The Kier molecular flexibility index (Phi) is 2.80. The first kappa shape index (κ1) is 13.4. The zero-order valence-corrected chi connectivity index (χ0v) is 13.2. The number of anilines is 1. The molecule has 2 aromatic heterocycles. The minimum absolute atomic E-state index is 0.453. The van der Waals surface area contributed by atoms with Crippen molar-refractivity contribution in [2.24, 2.45) is 5.92 Å². The van der Waals surface area contributed by atoms with Gasteiger partial charge in [-0.1, -0.05) is 0 Å². The largest absolute Gasteiger partial charge is 0.387 e. The number of nitrogens with two attached hydrogens (primary N) is 1. The summed E-state index contributed by atoms with van der Waals surface area (Å²) in [6, 6.07) is 0. The maximum atomic E-state index is 10.4. The number of aromatic nitrogens is 2. The minimum Gasteiger partial charge on any atom is -0.387 e. The van der Waals surface area contributed by atoms with Gasteiger partial charge in [0.15, 0.2) is 0 Å². The van der Waals surface area contributed by atoms with Crippen LogP contribution < -0.4 is 5.73 Å². The van der Waals surface area contributed by atoms with E-state index >= 15 is 0 Å². The highest BCUT2D eigenvalue weighted by molar-refractivity contribution is 7.18. The molecule has 2 aromatic rings. The predicted molar refractivity (Wildman–Crippen MR) is 84.3 cm³/mol. The summed E-state index contributed by atoms with van der Waals surface area (Å²) in [5.41, 5.74) is 6.84. The van der Waals surface area contributed by atoms with Gasteiger partial charge < -0.3 is 10.8 Å². The van der Waals surface area contributed by atoms with Gasteiger partial charge in [-0.05, 0) is 38.2 Å². The van der Waals surface area contributed by atoms with E-state index in [-0.39, 0.29) is 0 Å². The van der Waals surface area contributed by atoms with Gasteiger partial charge in [0.2, 0.25) is 0 Å². The van der Waals surface area contributed by atoms with Crippen LogP contribution in [0.2, 0.25) is 0 Å². The maximum absolute atomic E-state index is 10.4. The van der Waals surface area contributed by atoms with Crippen molar-refractivity contribution in [1.82, 2.24) is 14.9 Å². The van der Waals surface area contributed by atoms with E-state index in [1.54, 1.807) is 11.3 Å². The molecule has 1 saturated heterocycles. The summed E-state index contributed by atoms with van der Waals surface area (Å²) < 4.78 is 0. The Hall–Kier alpha value is -1.24. The number of thiophene rings is 1. The van der Waals surface area contributed by atoms with Crippen LogP contribution in [0.15, 0.2) is 0 Å². The second kappa shape index (κ2) is 4.38. The van der Waals surface area contributed by atoms with Crippen LogP contribution in [-0.4, -0.2) is 38.7 Å². The number of rotatable bonds is 3. The molecule has 3 heterocycles. The Bertz CT molecular complexity index is 716. The molecule has 1 saturated carbocycles. The van der Waals surface area contributed by atoms with Gasteiger partial charge in [0, 0.05) is 18.0 Å². The van der Waals surface area contributed by atoms with Crippen molar-refractivity contribution >= 4 is 27.4 Å². The fraction of sp³-hybridized carbons (Fsp3) is 0.600. The number of hydrogen-bond acceptors (Lipinski definition) is 6. The molecule has 0 aromatic carbocycles. The van der Waals surface area contributed by atoms with Crippen LogP contribution >= 0.6 is 11.3 Å². The molecule has 0 bridgehead atoms. The van der Waals surface area contributed by atoms with Gasteiger partial charge in [0.05, 0.1) is 17.5 Å². The van der Waals surface area contributed by atoms with Crippen LogP contribution in [0.4, 0.5) is 5.82 Å². The molecule has 5 nitrogen and oxygen atoms in total. The molecule has 1 aliphatic heterocycles. The molecule has 2 aliphatic rings. The molecular formula is C15H20N4OS. The number of aliphatic hydroxyl groups is 1.